The number of hydrogen-bond donors (Lipinski definition) is 1. The molecule has 4 rings (SSSR count). The lowest BCUT2D eigenvalue weighted by Crippen LogP contribution is -2.45. The maximum absolute atomic E-state index is 9.60. The van der Waals surface area contributed by atoms with Gasteiger partial charge in [0.2, 0.25) is 0 Å². The van der Waals surface area contributed by atoms with Crippen molar-refractivity contribution in [3.63, 3.8) is 0 Å². The van der Waals surface area contributed by atoms with Gasteiger partial charge in [0.1, 0.15) is 0 Å². The van der Waals surface area contributed by atoms with E-state index in [0.29, 0.717) is 0 Å². The number of carbonyl (C=O) groups is 1. The molecule has 4 aliphatic carbocycles. The number of aliphatic carboxylic acids is 1. The summed E-state index contributed by atoms with van der Waals surface area (Å²) < 4.78 is 0. The van der Waals surface area contributed by atoms with Crippen molar-refractivity contribution in [2.45, 2.75) is 58.8 Å². The number of hydrogen-bond acceptors (Lipinski definition) is 1. The summed E-state index contributed by atoms with van der Waals surface area (Å²) in [5.74, 6) is 2.51. The van der Waals surface area contributed by atoms with Crippen LogP contribution in [0.1, 0.15) is 58.8 Å². The molecule has 0 amide bonds. The summed E-state index contributed by atoms with van der Waals surface area (Å²) in [7, 11) is 0. The molecule has 4 aliphatic rings. The lowest BCUT2D eigenvalue weighted by molar-refractivity contribution is -0.132. The number of carboxylic acid groups (broad SMARTS) is 1. The topological polar surface area (TPSA) is 37.3 Å². The molecule has 18 heavy (non-hydrogen) atoms. The zero-order valence-electron chi connectivity index (χ0n) is 11.7. The molecule has 2 nitrogen and oxygen atoms in total. The second-order valence-electron chi connectivity index (χ2n) is 6.86. The van der Waals surface area contributed by atoms with Crippen LogP contribution in [0.2, 0.25) is 0 Å². The van der Waals surface area contributed by atoms with Crippen LogP contribution in [0.25, 0.3) is 0 Å². The van der Waals surface area contributed by atoms with Gasteiger partial charge in [-0.15, -0.1) is 0 Å². The van der Waals surface area contributed by atoms with Crippen molar-refractivity contribution < 1.29 is 9.90 Å². The lowest BCUT2D eigenvalue weighted by atomic mass is 9.49. The van der Waals surface area contributed by atoms with Crippen molar-refractivity contribution in [1.29, 1.82) is 0 Å². The van der Waals surface area contributed by atoms with Crippen LogP contribution in [0.5, 0.6) is 0 Å². The lowest BCUT2D eigenvalue weighted by Gasteiger charge is -2.56. The molecule has 0 unspecified atom stereocenters. The first-order valence-electron chi connectivity index (χ1n) is 7.33. The van der Waals surface area contributed by atoms with E-state index in [1.54, 1.807) is 38.5 Å². The van der Waals surface area contributed by atoms with Gasteiger partial charge in [0, 0.05) is 5.57 Å². The minimum absolute atomic E-state index is 0.176. The largest absolute Gasteiger partial charge is 0.478 e. The second kappa shape index (κ2) is 5.07. The zero-order chi connectivity index (χ0) is 13.3. The third-order valence-corrected chi connectivity index (χ3v) is 5.28. The molecule has 4 fully saturated rings. The smallest absolute Gasteiger partial charge is 0.330 e. The van der Waals surface area contributed by atoms with Gasteiger partial charge in [-0.3, -0.25) is 0 Å². The monoisotopic (exact) mass is 250 g/mol. The van der Waals surface area contributed by atoms with Crippen molar-refractivity contribution in [2.24, 2.45) is 23.2 Å². The average Bonchev–Trinajstić information content (AvgIpc) is 2.28. The van der Waals surface area contributed by atoms with Gasteiger partial charge in [0.05, 0.1) is 0 Å². The molecule has 0 heterocycles. The van der Waals surface area contributed by atoms with Crippen LogP contribution in [0.15, 0.2) is 12.2 Å². The molecular weight excluding hydrogens is 224 g/mol. The fourth-order valence-corrected chi connectivity index (χ4v) is 4.72. The van der Waals surface area contributed by atoms with E-state index in [9.17, 15) is 4.79 Å². The first kappa shape index (κ1) is 13.6. The van der Waals surface area contributed by atoms with E-state index in [0.717, 1.165) is 23.2 Å². The Morgan fingerprint density at radius 3 is 1.72 bits per heavy atom. The summed E-state index contributed by atoms with van der Waals surface area (Å²) in [5.41, 5.74) is 1.02. The van der Waals surface area contributed by atoms with E-state index < -0.39 is 5.97 Å². The van der Waals surface area contributed by atoms with E-state index in [1.807, 2.05) is 0 Å². The van der Waals surface area contributed by atoms with Gasteiger partial charge in [-0.25, -0.2) is 4.79 Å². The fraction of sp³-hybridized carbons (Fsp3) is 0.812. The molecule has 0 aromatic heterocycles. The van der Waals surface area contributed by atoms with Crippen LogP contribution in [-0.2, 0) is 4.79 Å². The molecule has 4 bridgehead atoms. The summed E-state index contributed by atoms with van der Waals surface area (Å²) in [5, 5.41) is 7.89. The van der Waals surface area contributed by atoms with Crippen LogP contribution in [0, 0.1) is 23.2 Å². The predicted octanol–water partition coefficient (Wildman–Crippen LogP) is 4.26. The zero-order valence-corrected chi connectivity index (χ0v) is 11.7. The van der Waals surface area contributed by atoms with E-state index in [2.05, 4.69) is 13.5 Å². The van der Waals surface area contributed by atoms with Gasteiger partial charge >= 0.3 is 5.97 Å². The van der Waals surface area contributed by atoms with Crippen LogP contribution in [0.3, 0.4) is 0 Å². The fourth-order valence-electron chi connectivity index (χ4n) is 4.72. The summed E-state index contributed by atoms with van der Waals surface area (Å²) in [6.45, 7) is 7.03. The van der Waals surface area contributed by atoms with Gasteiger partial charge in [0.25, 0.3) is 0 Å². The highest BCUT2D eigenvalue weighted by Crippen LogP contribution is 2.61. The number of carboxylic acids is 1. The maximum atomic E-state index is 9.60. The Hall–Kier alpha value is -0.790. The highest BCUT2D eigenvalue weighted by Gasteiger charge is 2.49. The van der Waals surface area contributed by atoms with Crippen molar-refractivity contribution in [1.82, 2.24) is 0 Å². The number of rotatable bonds is 2. The molecule has 2 heteroatoms. The maximum Gasteiger partial charge on any atom is 0.330 e. The molecule has 0 aliphatic heterocycles. The molecule has 0 spiro atoms. The molecule has 4 saturated carbocycles. The molecule has 1 N–H and O–H groups in total. The van der Waals surface area contributed by atoms with Crippen molar-refractivity contribution in [3.8, 4) is 0 Å². The van der Waals surface area contributed by atoms with Gasteiger partial charge in [-0.05, 0) is 68.6 Å². The molecule has 0 saturated heterocycles. The van der Waals surface area contributed by atoms with Crippen molar-refractivity contribution in [2.75, 3.05) is 0 Å². The first-order valence-corrected chi connectivity index (χ1v) is 7.33. The van der Waals surface area contributed by atoms with Gasteiger partial charge < -0.3 is 5.11 Å². The Labute approximate surface area is 110 Å². The normalized spacial score (nSPS) is 40.0. The van der Waals surface area contributed by atoms with E-state index in [4.69, 9.17) is 5.11 Å². The summed E-state index contributed by atoms with van der Waals surface area (Å²) >= 11 is 0. The van der Waals surface area contributed by atoms with Gasteiger partial charge in [-0.1, -0.05) is 19.9 Å². The Morgan fingerprint density at radius 2 is 1.50 bits per heavy atom. The van der Waals surface area contributed by atoms with Gasteiger partial charge in [-0.2, -0.15) is 0 Å². The van der Waals surface area contributed by atoms with Crippen molar-refractivity contribution in [3.05, 3.63) is 12.2 Å². The molecule has 0 aromatic rings. The summed E-state index contributed by atoms with van der Waals surface area (Å²) in [6, 6.07) is 0. The SMILES string of the molecule is C=C(C)C(=O)O.CCC12CC3CC(CC(C3)C1)C2. The standard InChI is InChI=1S/C12H20.C4H6O2/c1-2-12-6-9-3-10(7-12)5-11(4-9)8-12;1-3(2)4(5)6/h9-11H,2-8H2,1H3;1H2,2H3,(H,5,6). The molecule has 102 valence electrons. The first-order chi connectivity index (χ1) is 8.44. The molecule has 0 aromatic carbocycles. The Balaban J connectivity index is 0.000000174. The average molecular weight is 250 g/mol. The van der Waals surface area contributed by atoms with Gasteiger partial charge in [0.15, 0.2) is 0 Å². The van der Waals surface area contributed by atoms with Crippen LogP contribution < -0.4 is 0 Å². The second-order valence-corrected chi connectivity index (χ2v) is 6.86. The Kier molecular flexibility index (Phi) is 3.84. The highest BCUT2D eigenvalue weighted by molar-refractivity contribution is 5.84. The Bertz CT molecular complexity index is 296. The van der Waals surface area contributed by atoms with E-state index in [-0.39, 0.29) is 5.57 Å². The molecule has 0 atom stereocenters. The molecular formula is C16H26O2. The quantitative estimate of drug-likeness (QED) is 0.743. The van der Waals surface area contributed by atoms with E-state index >= 15 is 0 Å². The third-order valence-electron chi connectivity index (χ3n) is 5.28. The highest BCUT2D eigenvalue weighted by atomic mass is 16.4. The minimum Gasteiger partial charge on any atom is -0.478 e. The predicted molar refractivity (Wildman–Crippen MR) is 73.3 cm³/mol. The molecule has 0 radical (unpaired) electrons. The van der Waals surface area contributed by atoms with Crippen LogP contribution >= 0.6 is 0 Å². The van der Waals surface area contributed by atoms with Crippen LogP contribution in [-0.4, -0.2) is 11.1 Å². The Morgan fingerprint density at radius 1 is 1.17 bits per heavy atom. The summed E-state index contributed by atoms with van der Waals surface area (Å²) in [6.07, 6.45) is 11.0. The van der Waals surface area contributed by atoms with E-state index in [1.165, 1.54) is 13.3 Å². The van der Waals surface area contributed by atoms with Crippen molar-refractivity contribution >= 4 is 5.97 Å². The third kappa shape index (κ3) is 2.78. The minimum atomic E-state index is -0.935. The summed E-state index contributed by atoms with van der Waals surface area (Å²) in [4.78, 5) is 9.60. The van der Waals surface area contributed by atoms with Crippen LogP contribution in [0.4, 0.5) is 0 Å².